The first-order valence-electron chi connectivity index (χ1n) is 9.93. The molecular formula is C21H26N2O3. The molecule has 0 atom stereocenters. The molecule has 4 saturated carbocycles. The molecule has 5 heteroatoms. The minimum absolute atomic E-state index is 0.0295. The van der Waals surface area contributed by atoms with Crippen molar-refractivity contribution in [1.82, 2.24) is 10.5 Å². The number of ether oxygens (including phenoxy) is 1. The monoisotopic (exact) mass is 354 g/mol. The SMILES string of the molecule is O=C(Cc1noc2ccccc12)NCCOC12CC3CC(CC(C3)C1)C2. The molecule has 4 fully saturated rings. The lowest BCUT2D eigenvalue weighted by molar-refractivity contribution is -0.161. The van der Waals surface area contributed by atoms with Gasteiger partial charge in [0.1, 0.15) is 5.69 Å². The number of hydrogen-bond donors (Lipinski definition) is 1. The van der Waals surface area contributed by atoms with Crippen molar-refractivity contribution in [1.29, 1.82) is 0 Å². The zero-order chi connectivity index (χ0) is 17.6. The first-order valence-corrected chi connectivity index (χ1v) is 9.93. The summed E-state index contributed by atoms with van der Waals surface area (Å²) in [7, 11) is 0. The molecule has 0 spiro atoms. The van der Waals surface area contributed by atoms with Crippen LogP contribution in [0.25, 0.3) is 11.0 Å². The number of amides is 1. The molecule has 26 heavy (non-hydrogen) atoms. The Morgan fingerprint density at radius 1 is 1.15 bits per heavy atom. The van der Waals surface area contributed by atoms with Crippen LogP contribution in [0.3, 0.4) is 0 Å². The molecule has 0 unspecified atom stereocenters. The van der Waals surface area contributed by atoms with Crippen molar-refractivity contribution >= 4 is 16.9 Å². The average molecular weight is 354 g/mol. The van der Waals surface area contributed by atoms with E-state index in [1.165, 1.54) is 38.5 Å². The maximum atomic E-state index is 12.2. The number of aromatic nitrogens is 1. The fourth-order valence-corrected chi connectivity index (χ4v) is 5.95. The topological polar surface area (TPSA) is 64.4 Å². The highest BCUT2D eigenvalue weighted by Gasteiger charge is 2.51. The van der Waals surface area contributed by atoms with Gasteiger partial charge in [-0.05, 0) is 68.4 Å². The highest BCUT2D eigenvalue weighted by molar-refractivity contribution is 5.86. The minimum Gasteiger partial charge on any atom is -0.373 e. The van der Waals surface area contributed by atoms with Gasteiger partial charge in [-0.1, -0.05) is 17.3 Å². The number of rotatable bonds is 6. The number of carbonyl (C=O) groups excluding carboxylic acids is 1. The Bertz CT molecular complexity index is 777. The fourth-order valence-electron chi connectivity index (χ4n) is 5.95. The van der Waals surface area contributed by atoms with Crippen molar-refractivity contribution in [3.05, 3.63) is 30.0 Å². The Labute approximate surface area is 153 Å². The molecule has 1 aromatic carbocycles. The van der Waals surface area contributed by atoms with Crippen LogP contribution in [0.1, 0.15) is 44.2 Å². The second-order valence-electron chi connectivity index (χ2n) is 8.60. The summed E-state index contributed by atoms with van der Waals surface area (Å²) in [6, 6.07) is 7.63. The third kappa shape index (κ3) is 3.02. The molecular weight excluding hydrogens is 328 g/mol. The summed E-state index contributed by atoms with van der Waals surface area (Å²) in [6.45, 7) is 1.17. The summed E-state index contributed by atoms with van der Waals surface area (Å²) >= 11 is 0. The van der Waals surface area contributed by atoms with Crippen LogP contribution in [-0.4, -0.2) is 29.8 Å². The summed E-state index contributed by atoms with van der Waals surface area (Å²) < 4.78 is 11.6. The normalized spacial score (nSPS) is 32.2. The van der Waals surface area contributed by atoms with Crippen LogP contribution in [-0.2, 0) is 16.0 Å². The first kappa shape index (κ1) is 16.3. The standard InChI is InChI=1S/C21H26N2O3/c24-20(10-18-17-3-1-2-4-19(17)26-23-18)22-5-6-25-21-11-14-7-15(12-21)9-16(8-14)13-21/h1-4,14-16H,5-13H2,(H,22,24). The van der Waals surface area contributed by atoms with E-state index in [9.17, 15) is 4.79 Å². The number of benzene rings is 1. The van der Waals surface area contributed by atoms with E-state index in [0.29, 0.717) is 18.8 Å². The van der Waals surface area contributed by atoms with Gasteiger partial charge in [-0.3, -0.25) is 4.79 Å². The van der Waals surface area contributed by atoms with E-state index in [-0.39, 0.29) is 17.9 Å². The number of fused-ring (bicyclic) bond motifs is 1. The Hall–Kier alpha value is -1.88. The summed E-state index contributed by atoms with van der Waals surface area (Å²) in [5, 5.41) is 7.91. The van der Waals surface area contributed by atoms with Crippen molar-refractivity contribution in [2.45, 2.75) is 50.5 Å². The largest absolute Gasteiger partial charge is 0.373 e. The average Bonchev–Trinajstić information content (AvgIpc) is 3.01. The van der Waals surface area contributed by atoms with Crippen molar-refractivity contribution in [3.63, 3.8) is 0 Å². The lowest BCUT2D eigenvalue weighted by Crippen LogP contribution is -2.52. The van der Waals surface area contributed by atoms with Gasteiger partial charge in [0.25, 0.3) is 0 Å². The fraction of sp³-hybridized carbons (Fsp3) is 0.619. The first-order chi connectivity index (χ1) is 12.7. The van der Waals surface area contributed by atoms with Crippen LogP contribution in [0.2, 0.25) is 0 Å². The molecule has 2 aromatic rings. The van der Waals surface area contributed by atoms with Gasteiger partial charge >= 0.3 is 0 Å². The zero-order valence-electron chi connectivity index (χ0n) is 15.1. The van der Waals surface area contributed by atoms with E-state index in [2.05, 4.69) is 10.5 Å². The van der Waals surface area contributed by atoms with Gasteiger partial charge in [-0.2, -0.15) is 0 Å². The van der Waals surface area contributed by atoms with Crippen molar-refractivity contribution < 1.29 is 14.1 Å². The summed E-state index contributed by atoms with van der Waals surface area (Å²) in [5.41, 5.74) is 1.53. The lowest BCUT2D eigenvalue weighted by Gasteiger charge is -2.56. The molecule has 0 aliphatic heterocycles. The summed E-state index contributed by atoms with van der Waals surface area (Å²) in [6.07, 6.45) is 8.21. The third-order valence-corrected chi connectivity index (χ3v) is 6.59. The zero-order valence-corrected chi connectivity index (χ0v) is 15.1. The Morgan fingerprint density at radius 3 is 2.58 bits per heavy atom. The Kier molecular flexibility index (Phi) is 4.00. The second-order valence-corrected chi connectivity index (χ2v) is 8.60. The van der Waals surface area contributed by atoms with E-state index < -0.39 is 0 Å². The second kappa shape index (κ2) is 6.38. The molecule has 0 radical (unpaired) electrons. The number of hydrogen-bond acceptors (Lipinski definition) is 4. The van der Waals surface area contributed by atoms with Gasteiger partial charge in [0, 0.05) is 11.9 Å². The van der Waals surface area contributed by atoms with E-state index in [1.807, 2.05) is 24.3 Å². The number of nitrogens with one attached hydrogen (secondary N) is 1. The van der Waals surface area contributed by atoms with Crippen LogP contribution in [0.15, 0.2) is 28.8 Å². The smallest absolute Gasteiger partial charge is 0.226 e. The van der Waals surface area contributed by atoms with Crippen LogP contribution in [0.4, 0.5) is 0 Å². The van der Waals surface area contributed by atoms with E-state index in [1.54, 1.807) is 0 Å². The van der Waals surface area contributed by atoms with Gasteiger partial charge in [-0.15, -0.1) is 0 Å². The van der Waals surface area contributed by atoms with Crippen LogP contribution < -0.4 is 5.32 Å². The molecule has 1 heterocycles. The predicted molar refractivity (Wildman–Crippen MR) is 97.6 cm³/mol. The number of nitrogens with zero attached hydrogens (tertiary/aromatic N) is 1. The predicted octanol–water partition coefficient (Wildman–Crippen LogP) is 3.47. The highest BCUT2D eigenvalue weighted by atomic mass is 16.5. The van der Waals surface area contributed by atoms with Gasteiger partial charge in [0.2, 0.25) is 5.91 Å². The Morgan fingerprint density at radius 2 is 1.85 bits per heavy atom. The molecule has 6 rings (SSSR count). The minimum atomic E-state index is -0.0295. The third-order valence-electron chi connectivity index (χ3n) is 6.59. The van der Waals surface area contributed by atoms with E-state index >= 15 is 0 Å². The molecule has 1 aromatic heterocycles. The van der Waals surface area contributed by atoms with Gasteiger partial charge in [0.05, 0.1) is 18.6 Å². The van der Waals surface area contributed by atoms with E-state index in [0.717, 1.165) is 28.7 Å². The maximum Gasteiger partial charge on any atom is 0.226 e. The van der Waals surface area contributed by atoms with Gasteiger partial charge in [-0.25, -0.2) is 0 Å². The van der Waals surface area contributed by atoms with Crippen LogP contribution >= 0.6 is 0 Å². The van der Waals surface area contributed by atoms with Crippen LogP contribution in [0.5, 0.6) is 0 Å². The summed E-state index contributed by atoms with van der Waals surface area (Å²) in [5.74, 6) is 2.63. The van der Waals surface area contributed by atoms with Crippen molar-refractivity contribution in [2.24, 2.45) is 17.8 Å². The lowest BCUT2D eigenvalue weighted by atomic mass is 9.54. The molecule has 4 bridgehead atoms. The summed E-state index contributed by atoms with van der Waals surface area (Å²) in [4.78, 5) is 12.2. The molecule has 4 aliphatic rings. The molecule has 0 saturated heterocycles. The molecule has 5 nitrogen and oxygen atoms in total. The Balaban J connectivity index is 1.11. The van der Waals surface area contributed by atoms with Crippen molar-refractivity contribution in [2.75, 3.05) is 13.2 Å². The molecule has 4 aliphatic carbocycles. The quantitative estimate of drug-likeness (QED) is 0.807. The highest BCUT2D eigenvalue weighted by Crippen LogP contribution is 2.57. The molecule has 1 amide bonds. The maximum absolute atomic E-state index is 12.2. The molecule has 138 valence electrons. The van der Waals surface area contributed by atoms with Gasteiger partial charge in [0.15, 0.2) is 5.58 Å². The van der Waals surface area contributed by atoms with Gasteiger partial charge < -0.3 is 14.6 Å². The molecule has 1 N–H and O–H groups in total. The van der Waals surface area contributed by atoms with E-state index in [4.69, 9.17) is 9.26 Å². The number of carbonyl (C=O) groups is 1. The van der Waals surface area contributed by atoms with Crippen molar-refractivity contribution in [3.8, 4) is 0 Å². The van der Waals surface area contributed by atoms with Crippen LogP contribution in [0, 0.1) is 17.8 Å². The number of para-hydroxylation sites is 1.